The van der Waals surface area contributed by atoms with E-state index in [9.17, 15) is 4.79 Å². The van der Waals surface area contributed by atoms with Gasteiger partial charge in [-0.15, -0.1) is 0 Å². The van der Waals surface area contributed by atoms with Crippen molar-refractivity contribution in [2.24, 2.45) is 7.05 Å². The van der Waals surface area contributed by atoms with Gasteiger partial charge < -0.3 is 5.32 Å². The topological polar surface area (TPSA) is 46.9 Å². The highest BCUT2D eigenvalue weighted by atomic mass is 28.3. The van der Waals surface area contributed by atoms with Crippen LogP contribution in [0.15, 0.2) is 24.3 Å². The second-order valence-electron chi connectivity index (χ2n) is 7.38. The fourth-order valence-corrected chi connectivity index (χ4v) is 4.36. The molecule has 122 valence electrons. The number of nitrogens with zero attached hydrogens (tertiary/aromatic N) is 2. The summed E-state index contributed by atoms with van der Waals surface area (Å²) in [5, 5.41) is 8.95. The fraction of sp³-hybridized carbons (Fsp3) is 0.444. The molecule has 1 amide bonds. The summed E-state index contributed by atoms with van der Waals surface area (Å²) in [6, 6.07) is 8.66. The summed E-state index contributed by atoms with van der Waals surface area (Å²) in [4.78, 5) is 12.5. The zero-order valence-electron chi connectivity index (χ0n) is 14.4. The maximum atomic E-state index is 12.5. The van der Waals surface area contributed by atoms with Gasteiger partial charge >= 0.3 is 0 Å². The van der Waals surface area contributed by atoms with Crippen LogP contribution in [0.4, 0.5) is 0 Å². The van der Waals surface area contributed by atoms with Crippen LogP contribution in [0, 0.1) is 0 Å². The van der Waals surface area contributed by atoms with Crippen LogP contribution in [0.2, 0.25) is 19.6 Å². The average molecular weight is 328 g/mol. The molecule has 1 aliphatic carbocycles. The normalized spacial score (nSPS) is 13.9. The summed E-state index contributed by atoms with van der Waals surface area (Å²) in [7, 11) is 0.594. The van der Waals surface area contributed by atoms with Crippen LogP contribution in [0.3, 0.4) is 0 Å². The molecule has 1 aromatic carbocycles. The minimum Gasteiger partial charge on any atom is -0.347 e. The summed E-state index contributed by atoms with van der Waals surface area (Å²) in [5.74, 6) is -0.0163. The molecule has 1 N–H and O–H groups in total. The van der Waals surface area contributed by atoms with Crippen molar-refractivity contribution in [2.75, 3.05) is 0 Å². The Morgan fingerprint density at radius 3 is 2.57 bits per heavy atom. The first-order valence-corrected chi connectivity index (χ1v) is 11.8. The lowest BCUT2D eigenvalue weighted by Gasteiger charge is -2.16. The van der Waals surface area contributed by atoms with Gasteiger partial charge in [0.1, 0.15) is 5.69 Å². The Bertz CT molecular complexity index is 726. The number of hydrogen-bond donors (Lipinski definition) is 1. The van der Waals surface area contributed by atoms with E-state index in [4.69, 9.17) is 0 Å². The molecule has 0 atom stereocenters. The molecule has 5 heteroatoms. The molecule has 0 radical (unpaired) electrons. The van der Waals surface area contributed by atoms with Crippen molar-refractivity contribution >= 4 is 19.2 Å². The summed E-state index contributed by atoms with van der Waals surface area (Å²) >= 11 is 0. The fourth-order valence-electron chi connectivity index (χ4n) is 3.19. The van der Waals surface area contributed by atoms with Gasteiger partial charge in [-0.3, -0.25) is 9.48 Å². The highest BCUT2D eigenvalue weighted by Gasteiger charge is 2.25. The number of amides is 1. The Hall–Kier alpha value is -1.88. The molecule has 0 aliphatic heterocycles. The Morgan fingerprint density at radius 2 is 1.91 bits per heavy atom. The summed E-state index contributed by atoms with van der Waals surface area (Å²) in [6.07, 6.45) is 3.07. The third-order valence-corrected chi connectivity index (χ3v) is 6.62. The van der Waals surface area contributed by atoms with Crippen molar-refractivity contribution in [3.8, 4) is 0 Å². The lowest BCUT2D eigenvalue weighted by atomic mass is 10.2. The molecule has 1 aromatic heterocycles. The number of benzene rings is 1. The average Bonchev–Trinajstić information content (AvgIpc) is 3.04. The van der Waals surface area contributed by atoms with Crippen molar-refractivity contribution in [3.63, 3.8) is 0 Å². The van der Waals surface area contributed by atoms with Crippen LogP contribution in [0.25, 0.3) is 0 Å². The number of fused-ring (bicyclic) bond motifs is 1. The maximum absolute atomic E-state index is 12.5. The number of nitrogens with one attached hydrogen (secondary N) is 1. The summed E-state index contributed by atoms with van der Waals surface area (Å²) in [5.41, 5.74) is 4.10. The van der Waals surface area contributed by atoms with Gasteiger partial charge in [-0.1, -0.05) is 49.1 Å². The molecule has 0 saturated carbocycles. The first kappa shape index (κ1) is 16.0. The van der Waals surface area contributed by atoms with Crippen molar-refractivity contribution < 1.29 is 4.79 Å². The van der Waals surface area contributed by atoms with E-state index in [-0.39, 0.29) is 5.91 Å². The molecule has 4 nitrogen and oxygen atoms in total. The van der Waals surface area contributed by atoms with Crippen LogP contribution in [0.5, 0.6) is 0 Å². The molecule has 0 unspecified atom stereocenters. The number of carbonyl (C=O) groups excluding carboxylic acids is 1. The van der Waals surface area contributed by atoms with E-state index in [1.165, 1.54) is 5.19 Å². The lowest BCUT2D eigenvalue weighted by Crippen LogP contribution is -2.37. The third-order valence-electron chi connectivity index (χ3n) is 4.56. The Labute approximate surface area is 138 Å². The van der Waals surface area contributed by atoms with Crippen LogP contribution < -0.4 is 10.5 Å². The number of aromatic nitrogens is 2. The number of rotatable bonds is 4. The second-order valence-corrected chi connectivity index (χ2v) is 12.5. The second kappa shape index (κ2) is 5.96. The Morgan fingerprint density at radius 1 is 1.22 bits per heavy atom. The van der Waals surface area contributed by atoms with E-state index >= 15 is 0 Å². The van der Waals surface area contributed by atoms with Crippen LogP contribution >= 0.6 is 0 Å². The number of aryl methyl sites for hydroxylation is 2. The van der Waals surface area contributed by atoms with Crippen molar-refractivity contribution in [3.05, 3.63) is 46.8 Å². The zero-order valence-corrected chi connectivity index (χ0v) is 15.4. The van der Waals surface area contributed by atoms with E-state index in [0.29, 0.717) is 6.54 Å². The van der Waals surface area contributed by atoms with Gasteiger partial charge in [0.15, 0.2) is 0 Å². The predicted molar refractivity (Wildman–Crippen MR) is 95.8 cm³/mol. The highest BCUT2D eigenvalue weighted by Crippen LogP contribution is 2.24. The first-order chi connectivity index (χ1) is 10.9. The van der Waals surface area contributed by atoms with Gasteiger partial charge in [0, 0.05) is 19.2 Å². The molecular formula is C18H25N3OSi. The molecule has 1 heterocycles. The SMILES string of the molecule is Cn1nc2c(c1C(=O)NCc1ccc([Si](C)(C)C)cc1)CCC2. The highest BCUT2D eigenvalue weighted by molar-refractivity contribution is 6.88. The standard InChI is InChI=1S/C18H25N3OSi/c1-21-17(15-6-5-7-16(15)20-21)18(22)19-12-13-8-10-14(11-9-13)23(2,3)4/h8-11H,5-7,12H2,1-4H3,(H,19,22). The third kappa shape index (κ3) is 3.24. The summed E-state index contributed by atoms with van der Waals surface area (Å²) in [6.45, 7) is 7.58. The predicted octanol–water partition coefficient (Wildman–Crippen LogP) is 2.38. The van der Waals surface area contributed by atoms with E-state index in [1.807, 2.05) is 7.05 Å². The van der Waals surface area contributed by atoms with Crippen molar-refractivity contribution in [1.29, 1.82) is 0 Å². The quantitative estimate of drug-likeness (QED) is 0.877. The first-order valence-electron chi connectivity index (χ1n) is 8.28. The van der Waals surface area contributed by atoms with E-state index in [1.54, 1.807) is 4.68 Å². The van der Waals surface area contributed by atoms with E-state index < -0.39 is 8.07 Å². The molecule has 2 aromatic rings. The van der Waals surface area contributed by atoms with Gasteiger partial charge in [-0.2, -0.15) is 5.10 Å². The van der Waals surface area contributed by atoms with Crippen LogP contribution in [0.1, 0.15) is 33.7 Å². The molecule has 0 bridgehead atoms. The van der Waals surface area contributed by atoms with Gasteiger partial charge in [-0.05, 0) is 24.8 Å². The van der Waals surface area contributed by atoms with Crippen LogP contribution in [-0.2, 0) is 26.4 Å². The van der Waals surface area contributed by atoms with Crippen LogP contribution in [-0.4, -0.2) is 23.8 Å². The van der Waals surface area contributed by atoms with E-state index in [2.05, 4.69) is 54.3 Å². The molecule has 0 fully saturated rings. The maximum Gasteiger partial charge on any atom is 0.270 e. The lowest BCUT2D eigenvalue weighted by molar-refractivity contribution is 0.0940. The van der Waals surface area contributed by atoms with Gasteiger partial charge in [-0.25, -0.2) is 0 Å². The minimum absolute atomic E-state index is 0.0163. The smallest absolute Gasteiger partial charge is 0.270 e. The largest absolute Gasteiger partial charge is 0.347 e. The van der Waals surface area contributed by atoms with Gasteiger partial charge in [0.25, 0.3) is 5.91 Å². The molecule has 1 aliphatic rings. The number of carbonyl (C=O) groups is 1. The monoisotopic (exact) mass is 327 g/mol. The summed E-state index contributed by atoms with van der Waals surface area (Å²) < 4.78 is 1.73. The molecular weight excluding hydrogens is 302 g/mol. The van der Waals surface area contributed by atoms with E-state index in [0.717, 1.165) is 41.8 Å². The van der Waals surface area contributed by atoms with Crippen molar-refractivity contribution in [1.82, 2.24) is 15.1 Å². The molecule has 0 saturated heterocycles. The van der Waals surface area contributed by atoms with Gasteiger partial charge in [0.2, 0.25) is 0 Å². The van der Waals surface area contributed by atoms with Crippen molar-refractivity contribution in [2.45, 2.75) is 45.4 Å². The molecule has 23 heavy (non-hydrogen) atoms. The van der Waals surface area contributed by atoms with Gasteiger partial charge in [0.05, 0.1) is 13.8 Å². The zero-order chi connectivity index (χ0) is 16.6. The Balaban J connectivity index is 1.68. The number of hydrogen-bond acceptors (Lipinski definition) is 2. The molecule has 3 rings (SSSR count). The minimum atomic E-state index is -1.26. The Kier molecular flexibility index (Phi) is 4.15. The molecule has 0 spiro atoms.